The number of esters is 1. The summed E-state index contributed by atoms with van der Waals surface area (Å²) in [5.74, 6) is -1.18. The monoisotopic (exact) mass is 582 g/mol. The Labute approximate surface area is 235 Å². The number of ether oxygens (including phenoxy) is 2. The van der Waals surface area contributed by atoms with Gasteiger partial charge in [-0.2, -0.15) is 0 Å². The van der Waals surface area contributed by atoms with Crippen molar-refractivity contribution in [2.24, 2.45) is 4.99 Å². The summed E-state index contributed by atoms with van der Waals surface area (Å²) in [6.45, 7) is 5.34. The summed E-state index contributed by atoms with van der Waals surface area (Å²) in [5, 5.41) is -1.07. The van der Waals surface area contributed by atoms with Crippen molar-refractivity contribution in [2.45, 2.75) is 35.9 Å². The smallest absolute Gasteiger partial charge is 0.333 e. The van der Waals surface area contributed by atoms with E-state index < -0.39 is 44.0 Å². The van der Waals surface area contributed by atoms with Gasteiger partial charge in [-0.3, -0.25) is 9.79 Å². The van der Waals surface area contributed by atoms with Gasteiger partial charge in [0.2, 0.25) is 8.87 Å². The third-order valence-corrected chi connectivity index (χ3v) is 9.76. The molecule has 3 atom stereocenters. The molecule has 1 saturated heterocycles. The molecule has 208 valence electrons. The number of amides is 1. The molecule has 0 spiro atoms. The van der Waals surface area contributed by atoms with Crippen LogP contribution in [-0.2, 0) is 29.8 Å². The predicted molar refractivity (Wildman–Crippen MR) is 151 cm³/mol. The van der Waals surface area contributed by atoms with Crippen molar-refractivity contribution in [3.05, 3.63) is 108 Å². The first kappa shape index (κ1) is 29.0. The van der Waals surface area contributed by atoms with Gasteiger partial charge >= 0.3 is 5.97 Å². The SMILES string of the molecule is C=C(C)C(C(=O)OCc1ccc(OC)cc1)N1C(=O)C(N=Cc2cccc(F)c2)C1SS(=O)(=O)c1ccccc1. The second kappa shape index (κ2) is 12.5. The molecule has 3 unspecified atom stereocenters. The number of hydrogen-bond acceptors (Lipinski definition) is 8. The van der Waals surface area contributed by atoms with Crippen molar-refractivity contribution >= 4 is 37.8 Å². The lowest BCUT2D eigenvalue weighted by atomic mass is 9.99. The maximum absolute atomic E-state index is 13.6. The second-order valence-corrected chi connectivity index (χ2v) is 12.9. The zero-order valence-electron chi connectivity index (χ0n) is 21.8. The van der Waals surface area contributed by atoms with E-state index in [-0.39, 0.29) is 11.5 Å². The molecular formula is C29H27FN2O6S2. The lowest BCUT2D eigenvalue weighted by molar-refractivity contribution is -0.161. The second-order valence-electron chi connectivity index (χ2n) is 8.98. The molecule has 0 aliphatic carbocycles. The minimum atomic E-state index is -3.95. The minimum absolute atomic E-state index is 0.0427. The summed E-state index contributed by atoms with van der Waals surface area (Å²) in [6, 6.07) is 17.9. The van der Waals surface area contributed by atoms with E-state index in [4.69, 9.17) is 9.47 Å². The molecule has 0 radical (unpaired) electrons. The summed E-state index contributed by atoms with van der Waals surface area (Å²) in [6.07, 6.45) is 1.31. The van der Waals surface area contributed by atoms with Crippen molar-refractivity contribution in [3.63, 3.8) is 0 Å². The molecule has 0 aromatic heterocycles. The Kier molecular flexibility index (Phi) is 9.06. The number of hydrogen-bond donors (Lipinski definition) is 0. The minimum Gasteiger partial charge on any atom is -0.497 e. The van der Waals surface area contributed by atoms with Crippen LogP contribution in [0.15, 0.2) is 101 Å². The highest BCUT2D eigenvalue weighted by molar-refractivity contribution is 8.72. The van der Waals surface area contributed by atoms with Gasteiger partial charge < -0.3 is 14.4 Å². The van der Waals surface area contributed by atoms with E-state index in [2.05, 4.69) is 11.6 Å². The maximum atomic E-state index is 13.6. The van der Waals surface area contributed by atoms with Crippen LogP contribution in [0.1, 0.15) is 18.1 Å². The summed E-state index contributed by atoms with van der Waals surface area (Å²) >= 11 is 0. The standard InChI is InChI=1S/C29H27FN2O6S2/c1-19(2)26(29(34)38-18-20-12-14-23(37-3)15-13-20)32-27(33)25(31-17-21-8-7-9-22(30)16-21)28(32)39-40(35,36)24-10-5-4-6-11-24/h4-17,25-26,28H,1,18H2,2-3H3. The van der Waals surface area contributed by atoms with Gasteiger partial charge in [-0.25, -0.2) is 17.6 Å². The molecule has 4 rings (SSSR count). The van der Waals surface area contributed by atoms with Crippen LogP contribution in [0.2, 0.25) is 0 Å². The molecule has 0 bridgehead atoms. The van der Waals surface area contributed by atoms with Crippen LogP contribution in [0, 0.1) is 5.82 Å². The molecular weight excluding hydrogens is 555 g/mol. The van der Waals surface area contributed by atoms with Crippen LogP contribution in [0.5, 0.6) is 5.75 Å². The van der Waals surface area contributed by atoms with E-state index in [0.29, 0.717) is 33.2 Å². The number of β-lactam (4-membered cyclic amide) rings is 1. The lowest BCUT2D eigenvalue weighted by Crippen LogP contribution is -2.67. The Morgan fingerprint density at radius 1 is 1.12 bits per heavy atom. The molecule has 11 heteroatoms. The summed E-state index contributed by atoms with van der Waals surface area (Å²) in [5.41, 5.74) is 1.39. The molecule has 1 heterocycles. The molecule has 0 N–H and O–H groups in total. The number of methoxy groups -OCH3 is 1. The van der Waals surface area contributed by atoms with E-state index in [1.807, 2.05) is 0 Å². The third-order valence-electron chi connectivity index (χ3n) is 6.05. The molecule has 3 aromatic carbocycles. The molecule has 3 aromatic rings. The fourth-order valence-electron chi connectivity index (χ4n) is 4.01. The zero-order valence-corrected chi connectivity index (χ0v) is 23.4. The van der Waals surface area contributed by atoms with Gasteiger partial charge in [-0.15, -0.1) is 0 Å². The number of likely N-dealkylation sites (tertiary alicyclic amines) is 1. The average Bonchev–Trinajstić information content (AvgIpc) is 2.94. The first-order valence-corrected chi connectivity index (χ1v) is 15.0. The van der Waals surface area contributed by atoms with Crippen LogP contribution >= 0.6 is 10.8 Å². The van der Waals surface area contributed by atoms with E-state index >= 15 is 0 Å². The normalized spacial score (nSPS) is 17.8. The van der Waals surface area contributed by atoms with Crippen molar-refractivity contribution in [1.29, 1.82) is 0 Å². The molecule has 40 heavy (non-hydrogen) atoms. The van der Waals surface area contributed by atoms with E-state index in [0.717, 1.165) is 4.90 Å². The summed E-state index contributed by atoms with van der Waals surface area (Å²) < 4.78 is 50.8. The fraction of sp³-hybridized carbons (Fsp3) is 0.207. The number of aliphatic imine (C=N–C) groups is 1. The first-order chi connectivity index (χ1) is 19.1. The van der Waals surface area contributed by atoms with Gasteiger partial charge in [0, 0.05) is 17.0 Å². The van der Waals surface area contributed by atoms with Gasteiger partial charge in [0.05, 0.1) is 12.0 Å². The highest BCUT2D eigenvalue weighted by Crippen LogP contribution is 2.41. The van der Waals surface area contributed by atoms with Crippen LogP contribution < -0.4 is 4.74 Å². The topological polar surface area (TPSA) is 102 Å². The van der Waals surface area contributed by atoms with E-state index in [1.165, 1.54) is 36.5 Å². The quantitative estimate of drug-likeness (QED) is 0.107. The van der Waals surface area contributed by atoms with Gasteiger partial charge in [0.25, 0.3) is 5.91 Å². The molecule has 1 aliphatic heterocycles. The Morgan fingerprint density at radius 3 is 2.45 bits per heavy atom. The largest absolute Gasteiger partial charge is 0.497 e. The van der Waals surface area contributed by atoms with Gasteiger partial charge in [0.1, 0.15) is 23.5 Å². The molecule has 0 saturated carbocycles. The van der Waals surface area contributed by atoms with Crippen molar-refractivity contribution in [2.75, 3.05) is 7.11 Å². The molecule has 1 amide bonds. The summed E-state index contributed by atoms with van der Waals surface area (Å²) in [4.78, 5) is 32.0. The van der Waals surface area contributed by atoms with Gasteiger partial charge in [0.15, 0.2) is 12.1 Å². The Morgan fingerprint density at radius 2 is 1.82 bits per heavy atom. The number of carbonyl (C=O) groups excluding carboxylic acids is 2. The highest BCUT2D eigenvalue weighted by Gasteiger charge is 2.55. The maximum Gasteiger partial charge on any atom is 0.333 e. The van der Waals surface area contributed by atoms with E-state index in [9.17, 15) is 22.4 Å². The van der Waals surface area contributed by atoms with Crippen molar-refractivity contribution in [3.8, 4) is 5.75 Å². The van der Waals surface area contributed by atoms with Gasteiger partial charge in [-0.05, 0) is 60.0 Å². The number of carbonyl (C=O) groups is 2. The van der Waals surface area contributed by atoms with Crippen molar-refractivity contribution < 1.29 is 31.9 Å². The highest BCUT2D eigenvalue weighted by atomic mass is 33.1. The molecule has 1 aliphatic rings. The number of halogens is 1. The van der Waals surface area contributed by atoms with Crippen molar-refractivity contribution in [1.82, 2.24) is 4.90 Å². The Bertz CT molecular complexity index is 1530. The third kappa shape index (κ3) is 6.60. The number of nitrogens with zero attached hydrogens (tertiary/aromatic N) is 2. The van der Waals surface area contributed by atoms with Gasteiger partial charge in [-0.1, -0.05) is 49.0 Å². The molecule has 8 nitrogen and oxygen atoms in total. The predicted octanol–water partition coefficient (Wildman–Crippen LogP) is 4.60. The number of benzene rings is 3. The fourth-order valence-corrected chi connectivity index (χ4v) is 7.52. The Balaban J connectivity index is 1.60. The van der Waals surface area contributed by atoms with Crippen LogP contribution in [0.3, 0.4) is 0 Å². The summed E-state index contributed by atoms with van der Waals surface area (Å²) in [7, 11) is -1.90. The van der Waals surface area contributed by atoms with E-state index in [1.54, 1.807) is 62.6 Å². The first-order valence-electron chi connectivity index (χ1n) is 12.1. The number of rotatable bonds is 11. The van der Waals surface area contributed by atoms with Crippen LogP contribution in [0.4, 0.5) is 4.39 Å². The van der Waals surface area contributed by atoms with Crippen LogP contribution in [-0.4, -0.2) is 56.0 Å². The molecule has 1 fully saturated rings. The Hall–Kier alpha value is -3.96. The zero-order chi connectivity index (χ0) is 28.9. The van der Waals surface area contributed by atoms with Crippen LogP contribution in [0.25, 0.3) is 0 Å². The lowest BCUT2D eigenvalue weighted by Gasteiger charge is -2.47. The average molecular weight is 583 g/mol.